The van der Waals surface area contributed by atoms with Crippen molar-refractivity contribution in [1.82, 2.24) is 10.9 Å². The summed E-state index contributed by atoms with van der Waals surface area (Å²) in [6.45, 7) is 3.47. The van der Waals surface area contributed by atoms with Gasteiger partial charge in [-0.2, -0.15) is 10.5 Å². The van der Waals surface area contributed by atoms with Gasteiger partial charge in [-0.15, -0.1) is 0 Å². The van der Waals surface area contributed by atoms with Crippen molar-refractivity contribution in [2.24, 2.45) is 0 Å². The van der Waals surface area contributed by atoms with Gasteiger partial charge in [-0.05, 0) is 19.4 Å². The number of nitriles is 2. The van der Waals surface area contributed by atoms with Crippen molar-refractivity contribution in [3.05, 3.63) is 35.9 Å². The first-order chi connectivity index (χ1) is 7.59. The molecule has 0 bridgehead atoms. The molecule has 82 valence electrons. The van der Waals surface area contributed by atoms with Crippen molar-refractivity contribution >= 4 is 0 Å². The van der Waals surface area contributed by atoms with Gasteiger partial charge in [0.15, 0.2) is 0 Å². The maximum atomic E-state index is 9.01. The van der Waals surface area contributed by atoms with Gasteiger partial charge >= 0.3 is 0 Å². The summed E-state index contributed by atoms with van der Waals surface area (Å²) in [4.78, 5) is 0. The van der Waals surface area contributed by atoms with Gasteiger partial charge < -0.3 is 0 Å². The molecule has 0 aliphatic carbocycles. The highest BCUT2D eigenvalue weighted by molar-refractivity contribution is 5.23. The summed E-state index contributed by atoms with van der Waals surface area (Å²) in [5, 5.41) is 17.8. The van der Waals surface area contributed by atoms with Crippen LogP contribution in [-0.4, -0.2) is 5.54 Å². The minimum atomic E-state index is -0.704. The van der Waals surface area contributed by atoms with Crippen LogP contribution in [-0.2, 0) is 0 Å². The maximum Gasteiger partial charge on any atom is 0.133 e. The monoisotopic (exact) mass is 214 g/mol. The molecule has 0 spiro atoms. The Labute approximate surface area is 95.5 Å². The topological polar surface area (TPSA) is 71.6 Å². The van der Waals surface area contributed by atoms with E-state index >= 15 is 0 Å². The van der Waals surface area contributed by atoms with Crippen molar-refractivity contribution in [3.8, 4) is 12.1 Å². The first-order valence-electron chi connectivity index (χ1n) is 4.97. The van der Waals surface area contributed by atoms with Gasteiger partial charge in [0.1, 0.15) is 11.6 Å². The molecule has 16 heavy (non-hydrogen) atoms. The molecule has 2 N–H and O–H groups in total. The second kappa shape index (κ2) is 5.27. The molecule has 0 amide bonds. The Balaban J connectivity index is 2.66. The van der Waals surface area contributed by atoms with E-state index in [1.807, 2.05) is 30.3 Å². The molecular weight excluding hydrogens is 200 g/mol. The van der Waals surface area contributed by atoms with E-state index in [0.717, 1.165) is 5.56 Å². The van der Waals surface area contributed by atoms with Crippen LogP contribution in [0.1, 0.15) is 25.5 Å². The average molecular weight is 214 g/mol. The maximum absolute atomic E-state index is 9.01. The van der Waals surface area contributed by atoms with Crippen LogP contribution in [0.25, 0.3) is 0 Å². The van der Waals surface area contributed by atoms with E-state index in [9.17, 15) is 0 Å². The molecule has 1 aromatic rings. The number of hydrogen-bond acceptors (Lipinski definition) is 4. The summed E-state index contributed by atoms with van der Waals surface area (Å²) < 4.78 is 0. The van der Waals surface area contributed by atoms with Crippen molar-refractivity contribution in [2.45, 2.75) is 25.4 Å². The molecule has 1 rings (SSSR count). The molecule has 0 saturated heterocycles. The van der Waals surface area contributed by atoms with Crippen LogP contribution in [0.3, 0.4) is 0 Å². The lowest BCUT2D eigenvalue weighted by molar-refractivity contribution is 0.382. The fourth-order valence-electron chi connectivity index (χ4n) is 1.12. The Morgan fingerprint density at radius 1 is 1.19 bits per heavy atom. The fourth-order valence-corrected chi connectivity index (χ4v) is 1.12. The third-order valence-electron chi connectivity index (χ3n) is 2.07. The van der Waals surface area contributed by atoms with Crippen molar-refractivity contribution in [3.63, 3.8) is 0 Å². The predicted molar refractivity (Wildman–Crippen MR) is 60.8 cm³/mol. The van der Waals surface area contributed by atoms with Crippen molar-refractivity contribution in [2.75, 3.05) is 0 Å². The molecule has 0 saturated carbocycles. The van der Waals surface area contributed by atoms with Crippen molar-refractivity contribution in [1.29, 1.82) is 10.5 Å². The molecule has 0 aromatic heterocycles. The van der Waals surface area contributed by atoms with E-state index in [-0.39, 0.29) is 0 Å². The van der Waals surface area contributed by atoms with Crippen LogP contribution in [0.2, 0.25) is 0 Å². The largest absolute Gasteiger partial charge is 0.237 e. The third-order valence-corrected chi connectivity index (χ3v) is 2.07. The molecular formula is C12H14N4. The minimum Gasteiger partial charge on any atom is -0.237 e. The number of benzene rings is 1. The lowest BCUT2D eigenvalue weighted by Crippen LogP contribution is -2.48. The average Bonchev–Trinajstić information content (AvgIpc) is 2.31. The Morgan fingerprint density at radius 3 is 2.31 bits per heavy atom. The minimum absolute atomic E-state index is 0.464. The van der Waals surface area contributed by atoms with Gasteiger partial charge in [-0.1, -0.05) is 30.3 Å². The van der Waals surface area contributed by atoms with Gasteiger partial charge in [0.25, 0.3) is 0 Å². The molecule has 0 aliphatic heterocycles. The molecule has 4 heteroatoms. The molecule has 0 fully saturated rings. The standard InChI is InChI=1S/C12H14N4/c1-12(2,9-14)16-15-11(8-13)10-6-4-3-5-7-10/h3-7,11,15-16H,1-2H3. The van der Waals surface area contributed by atoms with Gasteiger partial charge in [-0.3, -0.25) is 0 Å². The molecule has 1 unspecified atom stereocenters. The summed E-state index contributed by atoms with van der Waals surface area (Å²) in [6, 6.07) is 13.1. The zero-order valence-electron chi connectivity index (χ0n) is 9.36. The van der Waals surface area contributed by atoms with Crippen LogP contribution >= 0.6 is 0 Å². The first-order valence-corrected chi connectivity index (χ1v) is 4.97. The lowest BCUT2D eigenvalue weighted by Gasteiger charge is -2.21. The quantitative estimate of drug-likeness (QED) is 0.747. The molecule has 1 aromatic carbocycles. The molecule has 0 radical (unpaired) electrons. The summed E-state index contributed by atoms with van der Waals surface area (Å²) >= 11 is 0. The van der Waals surface area contributed by atoms with Crippen LogP contribution in [0, 0.1) is 22.7 Å². The number of nitrogens with one attached hydrogen (secondary N) is 2. The number of rotatable bonds is 4. The molecule has 4 nitrogen and oxygen atoms in total. The van der Waals surface area contributed by atoms with E-state index in [1.165, 1.54) is 0 Å². The summed E-state index contributed by atoms with van der Waals surface area (Å²) in [5.74, 6) is 0. The SMILES string of the molecule is CC(C)(C#N)NNC(C#N)c1ccccc1. The van der Waals surface area contributed by atoms with Crippen LogP contribution < -0.4 is 10.9 Å². The van der Waals surface area contributed by atoms with Gasteiger partial charge in [-0.25, -0.2) is 10.9 Å². The second-order valence-electron chi connectivity index (χ2n) is 3.98. The summed E-state index contributed by atoms with van der Waals surface area (Å²) in [6.07, 6.45) is 0. The Morgan fingerprint density at radius 2 is 1.81 bits per heavy atom. The Bertz CT molecular complexity index is 411. The fraction of sp³-hybridized carbons (Fsp3) is 0.333. The highest BCUT2D eigenvalue weighted by Gasteiger charge is 2.18. The summed E-state index contributed by atoms with van der Waals surface area (Å²) in [5.41, 5.74) is 5.83. The van der Waals surface area contributed by atoms with Crippen LogP contribution in [0.4, 0.5) is 0 Å². The normalized spacial score (nSPS) is 12.5. The molecule has 0 aliphatic rings. The predicted octanol–water partition coefficient (Wildman–Crippen LogP) is 1.65. The first kappa shape index (κ1) is 12.2. The summed E-state index contributed by atoms with van der Waals surface area (Å²) in [7, 11) is 0. The van der Waals surface area contributed by atoms with Gasteiger partial charge in [0.2, 0.25) is 0 Å². The number of nitrogens with zero attached hydrogens (tertiary/aromatic N) is 2. The van der Waals surface area contributed by atoms with Crippen LogP contribution in [0.15, 0.2) is 30.3 Å². The van der Waals surface area contributed by atoms with E-state index in [4.69, 9.17) is 10.5 Å². The Hall–Kier alpha value is -1.88. The number of hydrazine groups is 1. The lowest BCUT2D eigenvalue weighted by atomic mass is 10.1. The van der Waals surface area contributed by atoms with E-state index in [0.29, 0.717) is 0 Å². The van der Waals surface area contributed by atoms with E-state index in [2.05, 4.69) is 23.0 Å². The molecule has 0 heterocycles. The van der Waals surface area contributed by atoms with Crippen molar-refractivity contribution < 1.29 is 0 Å². The van der Waals surface area contributed by atoms with Crippen LogP contribution in [0.5, 0.6) is 0 Å². The third kappa shape index (κ3) is 3.36. The smallest absolute Gasteiger partial charge is 0.133 e. The molecule has 1 atom stereocenters. The highest BCUT2D eigenvalue weighted by Crippen LogP contribution is 2.10. The number of hydrogen-bond donors (Lipinski definition) is 2. The zero-order valence-corrected chi connectivity index (χ0v) is 9.36. The van der Waals surface area contributed by atoms with Gasteiger partial charge in [0.05, 0.1) is 12.1 Å². The van der Waals surface area contributed by atoms with E-state index < -0.39 is 11.6 Å². The Kier molecular flexibility index (Phi) is 4.02. The second-order valence-corrected chi connectivity index (χ2v) is 3.98. The van der Waals surface area contributed by atoms with Gasteiger partial charge in [0, 0.05) is 0 Å². The zero-order chi connectivity index (χ0) is 12.0. The highest BCUT2D eigenvalue weighted by atomic mass is 15.4. The van der Waals surface area contributed by atoms with E-state index in [1.54, 1.807) is 13.8 Å².